The van der Waals surface area contributed by atoms with Gasteiger partial charge in [-0.15, -0.1) is 0 Å². The molecule has 0 saturated carbocycles. The van der Waals surface area contributed by atoms with Crippen molar-refractivity contribution < 1.29 is 19.4 Å². The van der Waals surface area contributed by atoms with Crippen molar-refractivity contribution in [3.63, 3.8) is 0 Å². The summed E-state index contributed by atoms with van der Waals surface area (Å²) in [6.45, 7) is 4.77. The summed E-state index contributed by atoms with van der Waals surface area (Å²) in [6.07, 6.45) is 0.598. The number of para-hydroxylation sites is 1. The lowest BCUT2D eigenvalue weighted by Gasteiger charge is -2.09. The molecule has 1 N–H and O–H groups in total. The van der Waals surface area contributed by atoms with Crippen LogP contribution in [0.1, 0.15) is 32.4 Å². The summed E-state index contributed by atoms with van der Waals surface area (Å²) in [4.78, 5) is 15.0. The van der Waals surface area contributed by atoms with Gasteiger partial charge in [-0.3, -0.25) is 4.79 Å². The number of hydrogen-bond donors (Lipinski definition) is 1. The molecule has 27 heavy (non-hydrogen) atoms. The van der Waals surface area contributed by atoms with E-state index in [1.165, 1.54) is 0 Å². The number of ether oxygens (including phenoxy) is 2. The van der Waals surface area contributed by atoms with Crippen molar-refractivity contribution in [2.24, 2.45) is 0 Å². The molecule has 3 rings (SSSR count). The van der Waals surface area contributed by atoms with Gasteiger partial charge in [-0.25, -0.2) is 4.98 Å². The smallest absolute Gasteiger partial charge is 0.303 e. The number of aromatic nitrogens is 1. The van der Waals surface area contributed by atoms with Gasteiger partial charge in [0.25, 0.3) is 0 Å². The predicted molar refractivity (Wildman–Crippen MR) is 106 cm³/mol. The molecule has 1 heterocycles. The number of pyridine rings is 1. The second-order valence-electron chi connectivity index (χ2n) is 5.60. The Bertz CT molecular complexity index is 846. The minimum atomic E-state index is -0.811. The monoisotopic (exact) mass is 367 g/mol. The number of benzene rings is 2. The summed E-state index contributed by atoms with van der Waals surface area (Å²) >= 11 is 0. The van der Waals surface area contributed by atoms with E-state index in [-0.39, 0.29) is 6.42 Å². The highest BCUT2D eigenvalue weighted by molar-refractivity contribution is 5.78. The Labute approximate surface area is 159 Å². The molecule has 0 aliphatic heterocycles. The number of carbonyl (C=O) groups is 1. The van der Waals surface area contributed by atoms with Crippen LogP contribution < -0.4 is 9.47 Å². The summed E-state index contributed by atoms with van der Waals surface area (Å²) in [5.41, 5.74) is 1.82. The first-order chi connectivity index (χ1) is 13.2. The average Bonchev–Trinajstić information content (AvgIpc) is 2.72. The average molecular weight is 367 g/mol. The third-order valence-electron chi connectivity index (χ3n) is 3.67. The van der Waals surface area contributed by atoms with Gasteiger partial charge in [0, 0.05) is 11.8 Å². The number of fused-ring (bicyclic) bond motifs is 1. The van der Waals surface area contributed by atoms with E-state index < -0.39 is 5.97 Å². The molecule has 0 fully saturated rings. The normalized spacial score (nSPS) is 10.0. The van der Waals surface area contributed by atoms with Crippen LogP contribution >= 0.6 is 0 Å². The fourth-order valence-electron chi connectivity index (χ4n) is 2.39. The molecule has 0 saturated heterocycles. The van der Waals surface area contributed by atoms with E-state index >= 15 is 0 Å². The van der Waals surface area contributed by atoms with Crippen molar-refractivity contribution in [1.29, 1.82) is 0 Å². The molecule has 0 amide bonds. The number of carboxylic acids is 1. The first-order valence-electron chi connectivity index (χ1n) is 9.13. The fraction of sp³-hybridized carbons (Fsp3) is 0.273. The van der Waals surface area contributed by atoms with Gasteiger partial charge in [0.2, 0.25) is 0 Å². The Morgan fingerprint density at radius 3 is 2.30 bits per heavy atom. The third-order valence-corrected chi connectivity index (χ3v) is 3.67. The van der Waals surface area contributed by atoms with Crippen molar-refractivity contribution in [1.82, 2.24) is 4.98 Å². The number of carboxylic acid groups (broad SMARTS) is 1. The van der Waals surface area contributed by atoms with Crippen molar-refractivity contribution in [2.45, 2.75) is 33.3 Å². The quantitative estimate of drug-likeness (QED) is 0.562. The van der Waals surface area contributed by atoms with Gasteiger partial charge in [-0.2, -0.15) is 0 Å². The van der Waals surface area contributed by atoms with Crippen molar-refractivity contribution in [3.8, 4) is 11.5 Å². The lowest BCUT2D eigenvalue weighted by molar-refractivity contribution is -0.137. The maximum absolute atomic E-state index is 10.4. The lowest BCUT2D eigenvalue weighted by atomic mass is 10.2. The number of hydrogen-bond acceptors (Lipinski definition) is 4. The van der Waals surface area contributed by atoms with Gasteiger partial charge < -0.3 is 14.6 Å². The number of aliphatic carboxylic acids is 1. The summed E-state index contributed by atoms with van der Waals surface area (Å²) in [5.74, 6) is 0.615. The van der Waals surface area contributed by atoms with E-state index in [0.29, 0.717) is 25.4 Å². The summed E-state index contributed by atoms with van der Waals surface area (Å²) in [7, 11) is 0. The number of rotatable bonds is 8. The first kappa shape index (κ1) is 20.2. The van der Waals surface area contributed by atoms with Crippen LogP contribution in [0.15, 0.2) is 60.7 Å². The molecule has 142 valence electrons. The van der Waals surface area contributed by atoms with Crippen LogP contribution in [-0.4, -0.2) is 22.7 Å². The Hall–Kier alpha value is -3.08. The van der Waals surface area contributed by atoms with Crippen LogP contribution in [0.4, 0.5) is 0 Å². The minimum absolute atomic E-state index is 0.111. The molecule has 5 nitrogen and oxygen atoms in total. The Balaban J connectivity index is 0.00000126. The second kappa shape index (κ2) is 10.8. The highest BCUT2D eigenvalue weighted by Gasteiger charge is 2.02. The van der Waals surface area contributed by atoms with Crippen LogP contribution in [0.25, 0.3) is 10.9 Å². The Morgan fingerprint density at radius 1 is 0.926 bits per heavy atom. The van der Waals surface area contributed by atoms with E-state index in [1.54, 1.807) is 0 Å². The molecule has 5 heteroatoms. The molecule has 0 radical (unpaired) electrons. The SMILES string of the molecule is CC.O=C(O)CCCOc1ccc(OCc2ccc3ccccc3n2)cc1. The van der Waals surface area contributed by atoms with E-state index in [0.717, 1.165) is 22.3 Å². The molecule has 0 aliphatic carbocycles. The molecule has 3 aromatic rings. The first-order valence-corrected chi connectivity index (χ1v) is 9.13. The fourth-order valence-corrected chi connectivity index (χ4v) is 2.39. The molecular formula is C22H25NO4. The van der Waals surface area contributed by atoms with Gasteiger partial charge in [-0.05, 0) is 42.8 Å². The van der Waals surface area contributed by atoms with Crippen LogP contribution in [-0.2, 0) is 11.4 Å². The van der Waals surface area contributed by atoms with Crippen molar-refractivity contribution in [3.05, 3.63) is 66.4 Å². The topological polar surface area (TPSA) is 68.7 Å². The number of nitrogens with zero attached hydrogens (tertiary/aromatic N) is 1. The molecule has 0 aliphatic rings. The van der Waals surface area contributed by atoms with E-state index in [9.17, 15) is 4.79 Å². The zero-order valence-electron chi connectivity index (χ0n) is 15.7. The second-order valence-corrected chi connectivity index (χ2v) is 5.60. The standard InChI is InChI=1S/C20H19NO4.C2H6/c22-20(23)6-3-13-24-17-9-11-18(12-10-17)25-14-16-8-7-15-4-1-2-5-19(15)21-16;1-2/h1-2,4-5,7-12H,3,6,13-14H2,(H,22,23);1-2H3. The largest absolute Gasteiger partial charge is 0.494 e. The highest BCUT2D eigenvalue weighted by Crippen LogP contribution is 2.19. The summed E-state index contributed by atoms with van der Waals surface area (Å²) in [6, 6.07) is 19.2. The van der Waals surface area contributed by atoms with E-state index in [1.807, 2.05) is 74.5 Å². The van der Waals surface area contributed by atoms with Crippen LogP contribution in [0.3, 0.4) is 0 Å². The summed E-state index contributed by atoms with van der Waals surface area (Å²) in [5, 5.41) is 9.69. The van der Waals surface area contributed by atoms with Crippen molar-refractivity contribution >= 4 is 16.9 Å². The lowest BCUT2D eigenvalue weighted by Crippen LogP contribution is -2.02. The van der Waals surface area contributed by atoms with Gasteiger partial charge in [0.15, 0.2) is 0 Å². The van der Waals surface area contributed by atoms with Crippen LogP contribution in [0, 0.1) is 0 Å². The molecule has 0 spiro atoms. The highest BCUT2D eigenvalue weighted by atomic mass is 16.5. The molecule has 0 atom stereocenters. The van der Waals surface area contributed by atoms with Gasteiger partial charge in [0.05, 0.1) is 17.8 Å². The third kappa shape index (κ3) is 6.62. The Kier molecular flexibility index (Phi) is 8.10. The molecule has 0 unspecified atom stereocenters. The van der Waals surface area contributed by atoms with Gasteiger partial charge in [-0.1, -0.05) is 38.1 Å². The maximum Gasteiger partial charge on any atom is 0.303 e. The minimum Gasteiger partial charge on any atom is -0.494 e. The Morgan fingerprint density at radius 2 is 1.59 bits per heavy atom. The zero-order chi connectivity index (χ0) is 19.5. The maximum atomic E-state index is 10.4. The summed E-state index contributed by atoms with van der Waals surface area (Å²) < 4.78 is 11.2. The van der Waals surface area contributed by atoms with Gasteiger partial charge in [0.1, 0.15) is 18.1 Å². The van der Waals surface area contributed by atoms with Crippen molar-refractivity contribution in [2.75, 3.05) is 6.61 Å². The van der Waals surface area contributed by atoms with Gasteiger partial charge >= 0.3 is 5.97 Å². The zero-order valence-corrected chi connectivity index (χ0v) is 15.7. The molecule has 1 aromatic heterocycles. The molecule has 2 aromatic carbocycles. The van der Waals surface area contributed by atoms with E-state index in [4.69, 9.17) is 14.6 Å². The van der Waals surface area contributed by atoms with Crippen LogP contribution in [0.2, 0.25) is 0 Å². The van der Waals surface area contributed by atoms with Crippen LogP contribution in [0.5, 0.6) is 11.5 Å². The predicted octanol–water partition coefficient (Wildman–Crippen LogP) is 5.08. The van der Waals surface area contributed by atoms with E-state index in [2.05, 4.69) is 4.98 Å². The molecular weight excluding hydrogens is 342 g/mol. The molecule has 0 bridgehead atoms.